The highest BCUT2D eigenvalue weighted by atomic mass is 16.3. The molecule has 0 radical (unpaired) electrons. The number of aryl methyl sites for hydroxylation is 1. The molecule has 0 atom stereocenters. The van der Waals surface area contributed by atoms with E-state index in [0.717, 1.165) is 11.1 Å². The van der Waals surface area contributed by atoms with Crippen LogP contribution in [0.25, 0.3) is 22.0 Å². The molecule has 9 heteroatoms. The zero-order chi connectivity index (χ0) is 24.4. The van der Waals surface area contributed by atoms with Gasteiger partial charge in [-0.3, -0.25) is 19.0 Å². The quantitative estimate of drug-likeness (QED) is 0.392. The maximum Gasteiger partial charge on any atom is 0.264 e. The molecule has 0 saturated heterocycles. The molecule has 0 aliphatic carbocycles. The molecule has 0 fully saturated rings. The minimum absolute atomic E-state index is 0.0538. The maximum absolute atomic E-state index is 12.9. The standard InChI is InChI=1S/C26H23N5O4/c1-17-6-2-3-7-18(17)15-30-16-28-25-21(26(30)34)14-29-31(25)11-10-27-24(33)13-19-12-22(32)20-8-4-5-9-23(20)35-19/h2-9,12,14,16H,10-11,13,15H2,1H3,(H,27,33). The second kappa shape index (κ2) is 9.38. The van der Waals surface area contributed by atoms with Crippen molar-refractivity contribution in [2.45, 2.75) is 26.4 Å². The Hall–Kier alpha value is -4.53. The summed E-state index contributed by atoms with van der Waals surface area (Å²) in [5, 5.41) is 7.97. The van der Waals surface area contributed by atoms with E-state index in [1.54, 1.807) is 33.5 Å². The van der Waals surface area contributed by atoms with Gasteiger partial charge in [0, 0.05) is 12.6 Å². The van der Waals surface area contributed by atoms with Gasteiger partial charge < -0.3 is 9.73 Å². The van der Waals surface area contributed by atoms with Crippen molar-refractivity contribution in [2.24, 2.45) is 0 Å². The Balaban J connectivity index is 1.24. The van der Waals surface area contributed by atoms with Gasteiger partial charge in [0.15, 0.2) is 11.1 Å². The number of para-hydroxylation sites is 1. The number of rotatable bonds is 7. The van der Waals surface area contributed by atoms with Crippen molar-refractivity contribution < 1.29 is 9.21 Å². The van der Waals surface area contributed by atoms with Crippen LogP contribution in [0.4, 0.5) is 0 Å². The summed E-state index contributed by atoms with van der Waals surface area (Å²) in [4.78, 5) is 41.9. The molecule has 5 aromatic rings. The number of benzene rings is 2. The first-order valence-corrected chi connectivity index (χ1v) is 11.2. The van der Waals surface area contributed by atoms with Crippen LogP contribution in [0.3, 0.4) is 0 Å². The van der Waals surface area contributed by atoms with Gasteiger partial charge in [-0.15, -0.1) is 0 Å². The summed E-state index contributed by atoms with van der Waals surface area (Å²) >= 11 is 0. The third kappa shape index (κ3) is 4.61. The van der Waals surface area contributed by atoms with Crippen molar-refractivity contribution in [3.05, 3.63) is 105 Å². The van der Waals surface area contributed by atoms with Crippen molar-refractivity contribution in [1.29, 1.82) is 0 Å². The van der Waals surface area contributed by atoms with Gasteiger partial charge in [-0.05, 0) is 30.2 Å². The van der Waals surface area contributed by atoms with Crippen LogP contribution in [-0.2, 0) is 24.3 Å². The van der Waals surface area contributed by atoms with Crippen LogP contribution in [0.2, 0.25) is 0 Å². The van der Waals surface area contributed by atoms with Gasteiger partial charge in [0.05, 0.1) is 31.1 Å². The summed E-state index contributed by atoms with van der Waals surface area (Å²) in [6.45, 7) is 3.06. The topological polar surface area (TPSA) is 112 Å². The predicted octanol–water partition coefficient (Wildman–Crippen LogP) is 2.42. The molecule has 0 unspecified atom stereocenters. The Morgan fingerprint density at radius 3 is 2.71 bits per heavy atom. The van der Waals surface area contributed by atoms with E-state index in [-0.39, 0.29) is 29.9 Å². The van der Waals surface area contributed by atoms with Crippen molar-refractivity contribution in [1.82, 2.24) is 24.6 Å². The lowest BCUT2D eigenvalue weighted by molar-refractivity contribution is -0.120. The molecule has 3 heterocycles. The summed E-state index contributed by atoms with van der Waals surface area (Å²) in [5.74, 6) is 0.0139. The second-order valence-electron chi connectivity index (χ2n) is 8.31. The molecule has 0 saturated carbocycles. The third-order valence-electron chi connectivity index (χ3n) is 5.89. The highest BCUT2D eigenvalue weighted by Crippen LogP contribution is 2.12. The van der Waals surface area contributed by atoms with Crippen molar-refractivity contribution in [3.8, 4) is 0 Å². The van der Waals surface area contributed by atoms with Crippen LogP contribution in [0, 0.1) is 6.92 Å². The highest BCUT2D eigenvalue weighted by molar-refractivity contribution is 5.80. The molecule has 0 spiro atoms. The number of aromatic nitrogens is 4. The van der Waals surface area contributed by atoms with Gasteiger partial charge in [0.25, 0.3) is 5.56 Å². The fourth-order valence-corrected chi connectivity index (χ4v) is 4.01. The second-order valence-corrected chi connectivity index (χ2v) is 8.31. The van der Waals surface area contributed by atoms with Gasteiger partial charge in [-0.2, -0.15) is 5.10 Å². The summed E-state index contributed by atoms with van der Waals surface area (Å²) in [7, 11) is 0. The van der Waals surface area contributed by atoms with Crippen LogP contribution in [-0.4, -0.2) is 31.8 Å². The average Bonchev–Trinajstić information content (AvgIpc) is 3.26. The normalized spacial score (nSPS) is 11.2. The van der Waals surface area contributed by atoms with E-state index in [9.17, 15) is 14.4 Å². The Bertz CT molecular complexity index is 1660. The van der Waals surface area contributed by atoms with Gasteiger partial charge in [-0.25, -0.2) is 9.67 Å². The smallest absolute Gasteiger partial charge is 0.264 e. The van der Waals surface area contributed by atoms with Crippen LogP contribution < -0.4 is 16.3 Å². The maximum atomic E-state index is 12.9. The predicted molar refractivity (Wildman–Crippen MR) is 131 cm³/mol. The first-order chi connectivity index (χ1) is 17.0. The van der Waals surface area contributed by atoms with E-state index in [1.165, 1.54) is 18.6 Å². The molecule has 0 bridgehead atoms. The van der Waals surface area contributed by atoms with E-state index in [0.29, 0.717) is 40.9 Å². The molecule has 0 aliphatic rings. The molecular weight excluding hydrogens is 446 g/mol. The molecule has 2 aromatic carbocycles. The largest absolute Gasteiger partial charge is 0.460 e. The molecule has 5 rings (SSSR count). The van der Waals surface area contributed by atoms with E-state index >= 15 is 0 Å². The Morgan fingerprint density at radius 2 is 1.86 bits per heavy atom. The fourth-order valence-electron chi connectivity index (χ4n) is 4.01. The molecule has 1 N–H and O–H groups in total. The number of hydrogen-bond donors (Lipinski definition) is 1. The van der Waals surface area contributed by atoms with Crippen molar-refractivity contribution in [3.63, 3.8) is 0 Å². The van der Waals surface area contributed by atoms with Gasteiger partial charge in [0.2, 0.25) is 5.91 Å². The van der Waals surface area contributed by atoms with E-state index in [4.69, 9.17) is 4.42 Å². The molecule has 1 amide bonds. The van der Waals surface area contributed by atoms with Crippen molar-refractivity contribution >= 4 is 27.9 Å². The number of hydrogen-bond acceptors (Lipinski definition) is 6. The van der Waals surface area contributed by atoms with Crippen LogP contribution >= 0.6 is 0 Å². The molecule has 9 nitrogen and oxygen atoms in total. The SMILES string of the molecule is Cc1ccccc1Cn1cnc2c(cnn2CCNC(=O)Cc2cc(=O)c3ccccc3o2)c1=O. The first kappa shape index (κ1) is 22.3. The lowest BCUT2D eigenvalue weighted by atomic mass is 10.1. The Kier molecular flexibility index (Phi) is 5.97. The molecule has 0 aliphatic heterocycles. The summed E-state index contributed by atoms with van der Waals surface area (Å²) in [5.41, 5.74) is 2.72. The minimum Gasteiger partial charge on any atom is -0.460 e. The van der Waals surface area contributed by atoms with E-state index in [2.05, 4.69) is 15.4 Å². The zero-order valence-corrected chi connectivity index (χ0v) is 19.1. The number of amides is 1. The molecule has 3 aromatic heterocycles. The van der Waals surface area contributed by atoms with Crippen LogP contribution in [0.1, 0.15) is 16.9 Å². The summed E-state index contributed by atoms with van der Waals surface area (Å²) < 4.78 is 8.83. The highest BCUT2D eigenvalue weighted by Gasteiger charge is 2.12. The minimum atomic E-state index is -0.284. The van der Waals surface area contributed by atoms with Gasteiger partial charge in [-0.1, -0.05) is 36.4 Å². The Labute approximate surface area is 199 Å². The van der Waals surface area contributed by atoms with E-state index < -0.39 is 0 Å². The molecular formula is C26H23N5O4. The van der Waals surface area contributed by atoms with E-state index in [1.807, 2.05) is 31.2 Å². The fraction of sp³-hybridized carbons (Fsp3) is 0.192. The number of carbonyl (C=O) groups is 1. The van der Waals surface area contributed by atoms with Crippen LogP contribution in [0.15, 0.2) is 81.1 Å². The first-order valence-electron chi connectivity index (χ1n) is 11.2. The number of fused-ring (bicyclic) bond motifs is 2. The number of carbonyl (C=O) groups excluding carboxylic acids is 1. The third-order valence-corrected chi connectivity index (χ3v) is 5.89. The lowest BCUT2D eigenvalue weighted by Gasteiger charge is -2.09. The molecule has 35 heavy (non-hydrogen) atoms. The zero-order valence-electron chi connectivity index (χ0n) is 19.1. The average molecular weight is 470 g/mol. The Morgan fingerprint density at radius 1 is 1.06 bits per heavy atom. The van der Waals surface area contributed by atoms with Gasteiger partial charge in [0.1, 0.15) is 23.1 Å². The summed E-state index contributed by atoms with van der Waals surface area (Å²) in [6.07, 6.45) is 2.97. The lowest BCUT2D eigenvalue weighted by Crippen LogP contribution is -2.29. The van der Waals surface area contributed by atoms with Crippen molar-refractivity contribution in [2.75, 3.05) is 6.54 Å². The number of nitrogens with one attached hydrogen (secondary N) is 1. The monoisotopic (exact) mass is 469 g/mol. The van der Waals surface area contributed by atoms with Crippen LogP contribution in [0.5, 0.6) is 0 Å². The summed E-state index contributed by atoms with van der Waals surface area (Å²) in [6, 6.07) is 16.2. The number of nitrogens with zero attached hydrogens (tertiary/aromatic N) is 4. The molecule has 176 valence electrons. The van der Waals surface area contributed by atoms with Gasteiger partial charge >= 0.3 is 0 Å².